The lowest BCUT2D eigenvalue weighted by Crippen LogP contribution is -2.32. The van der Waals surface area contributed by atoms with Crippen LogP contribution in [0.4, 0.5) is 0 Å². The standard InChI is InChI=1S/C16H28N2OSi/c1-7-14(15-10-8-9-11-17-15)18-16(13(2)3)12-19-20(4,5)6/h8-11,13,16H,7,12H2,1-6H3/t16-/m1/s1. The summed E-state index contributed by atoms with van der Waals surface area (Å²) in [6, 6.07) is 6.18. The van der Waals surface area contributed by atoms with Gasteiger partial charge in [0, 0.05) is 6.20 Å². The average molecular weight is 292 g/mol. The van der Waals surface area contributed by atoms with Gasteiger partial charge in [-0.05, 0) is 44.1 Å². The molecule has 1 aromatic rings. The molecule has 4 heteroatoms. The summed E-state index contributed by atoms with van der Waals surface area (Å²) in [7, 11) is -1.49. The van der Waals surface area contributed by atoms with Crippen LogP contribution >= 0.6 is 0 Å². The second-order valence-corrected chi connectivity index (χ2v) is 10.9. The van der Waals surface area contributed by atoms with Crippen molar-refractivity contribution in [2.75, 3.05) is 6.61 Å². The van der Waals surface area contributed by atoms with Gasteiger partial charge < -0.3 is 4.43 Å². The third kappa shape index (κ3) is 5.97. The van der Waals surface area contributed by atoms with E-state index in [1.807, 2.05) is 24.4 Å². The van der Waals surface area contributed by atoms with E-state index >= 15 is 0 Å². The molecule has 1 heterocycles. The molecule has 0 unspecified atom stereocenters. The SMILES string of the molecule is CCC(=N[C@H](CO[Si](C)(C)C)C(C)C)c1ccccn1. The van der Waals surface area contributed by atoms with Gasteiger partial charge in [0.1, 0.15) is 0 Å². The Morgan fingerprint density at radius 2 is 2.00 bits per heavy atom. The molecule has 0 aromatic carbocycles. The highest BCUT2D eigenvalue weighted by Gasteiger charge is 2.20. The van der Waals surface area contributed by atoms with E-state index in [1.54, 1.807) is 0 Å². The van der Waals surface area contributed by atoms with E-state index in [0.717, 1.165) is 17.8 Å². The van der Waals surface area contributed by atoms with Crippen molar-refractivity contribution in [2.24, 2.45) is 10.9 Å². The summed E-state index contributed by atoms with van der Waals surface area (Å²) in [4.78, 5) is 9.33. The molecule has 1 rings (SSSR count). The lowest BCUT2D eigenvalue weighted by molar-refractivity contribution is 0.255. The summed E-state index contributed by atoms with van der Waals surface area (Å²) in [6.45, 7) is 13.9. The minimum absolute atomic E-state index is 0.207. The third-order valence-corrected chi connectivity index (χ3v) is 4.11. The molecule has 0 radical (unpaired) electrons. The summed E-state index contributed by atoms with van der Waals surface area (Å²) >= 11 is 0. The predicted octanol–water partition coefficient (Wildman–Crippen LogP) is 4.16. The second kappa shape index (κ2) is 7.69. The fraction of sp³-hybridized carbons (Fsp3) is 0.625. The molecule has 0 aliphatic heterocycles. The Bertz CT molecular complexity index is 424. The molecule has 0 fully saturated rings. The van der Waals surface area contributed by atoms with Crippen molar-refractivity contribution in [3.8, 4) is 0 Å². The highest BCUT2D eigenvalue weighted by Crippen LogP contribution is 2.14. The normalized spacial score (nSPS) is 14.7. The minimum atomic E-state index is -1.49. The molecule has 3 nitrogen and oxygen atoms in total. The van der Waals surface area contributed by atoms with Crippen LogP contribution in [-0.4, -0.2) is 31.7 Å². The zero-order valence-electron chi connectivity index (χ0n) is 13.7. The highest BCUT2D eigenvalue weighted by atomic mass is 28.4. The van der Waals surface area contributed by atoms with Crippen molar-refractivity contribution in [1.82, 2.24) is 4.98 Å². The Labute approximate surface area is 124 Å². The molecular formula is C16H28N2OSi. The van der Waals surface area contributed by atoms with Gasteiger partial charge in [-0.15, -0.1) is 0 Å². The first-order valence-electron chi connectivity index (χ1n) is 7.45. The first kappa shape index (κ1) is 17.0. The molecule has 0 saturated carbocycles. The fourth-order valence-corrected chi connectivity index (χ4v) is 2.46. The van der Waals surface area contributed by atoms with E-state index < -0.39 is 8.32 Å². The Morgan fingerprint density at radius 3 is 2.45 bits per heavy atom. The van der Waals surface area contributed by atoms with Crippen LogP contribution in [-0.2, 0) is 4.43 Å². The lowest BCUT2D eigenvalue weighted by atomic mass is 10.1. The van der Waals surface area contributed by atoms with Crippen LogP contribution in [0.1, 0.15) is 32.9 Å². The Balaban J connectivity index is 2.88. The zero-order chi connectivity index (χ0) is 15.2. The molecular weight excluding hydrogens is 264 g/mol. The Kier molecular flexibility index (Phi) is 6.56. The Hall–Kier alpha value is -1.00. The molecule has 0 aliphatic carbocycles. The number of aromatic nitrogens is 1. The molecule has 1 atom stereocenters. The second-order valence-electron chi connectivity index (χ2n) is 6.38. The largest absolute Gasteiger partial charge is 0.415 e. The van der Waals surface area contributed by atoms with Crippen LogP contribution in [0, 0.1) is 5.92 Å². The monoisotopic (exact) mass is 292 g/mol. The van der Waals surface area contributed by atoms with Crippen molar-refractivity contribution in [3.63, 3.8) is 0 Å². The van der Waals surface area contributed by atoms with Gasteiger partial charge in [0.05, 0.1) is 24.1 Å². The molecule has 0 bridgehead atoms. The topological polar surface area (TPSA) is 34.5 Å². The van der Waals surface area contributed by atoms with Crippen molar-refractivity contribution in [2.45, 2.75) is 52.9 Å². The number of pyridine rings is 1. The van der Waals surface area contributed by atoms with Crippen LogP contribution in [0.3, 0.4) is 0 Å². The van der Waals surface area contributed by atoms with Crippen molar-refractivity contribution < 1.29 is 4.43 Å². The van der Waals surface area contributed by atoms with Gasteiger partial charge in [-0.2, -0.15) is 0 Å². The van der Waals surface area contributed by atoms with Gasteiger partial charge >= 0.3 is 0 Å². The summed E-state index contributed by atoms with van der Waals surface area (Å²) in [5.41, 5.74) is 2.05. The van der Waals surface area contributed by atoms with E-state index in [4.69, 9.17) is 9.42 Å². The van der Waals surface area contributed by atoms with Gasteiger partial charge in [0.2, 0.25) is 0 Å². The average Bonchev–Trinajstić information content (AvgIpc) is 2.38. The molecule has 0 spiro atoms. The molecule has 0 saturated heterocycles. The minimum Gasteiger partial charge on any atom is -0.415 e. The molecule has 0 aliphatic rings. The maximum Gasteiger partial charge on any atom is 0.183 e. The highest BCUT2D eigenvalue weighted by molar-refractivity contribution is 6.69. The van der Waals surface area contributed by atoms with Crippen molar-refractivity contribution >= 4 is 14.0 Å². The molecule has 112 valence electrons. The number of aliphatic imine (C=N–C) groups is 1. The smallest absolute Gasteiger partial charge is 0.183 e. The van der Waals surface area contributed by atoms with E-state index in [0.29, 0.717) is 12.5 Å². The first-order valence-corrected chi connectivity index (χ1v) is 10.9. The number of rotatable bonds is 7. The van der Waals surface area contributed by atoms with Crippen LogP contribution < -0.4 is 0 Å². The van der Waals surface area contributed by atoms with Gasteiger partial charge in [-0.3, -0.25) is 9.98 Å². The van der Waals surface area contributed by atoms with Crippen LogP contribution in [0.15, 0.2) is 29.4 Å². The summed E-state index contributed by atoms with van der Waals surface area (Å²) < 4.78 is 6.05. The lowest BCUT2D eigenvalue weighted by Gasteiger charge is -2.24. The van der Waals surface area contributed by atoms with Crippen LogP contribution in [0.25, 0.3) is 0 Å². The molecule has 20 heavy (non-hydrogen) atoms. The van der Waals surface area contributed by atoms with E-state index in [9.17, 15) is 0 Å². The Morgan fingerprint density at radius 1 is 1.30 bits per heavy atom. The summed E-state index contributed by atoms with van der Waals surface area (Å²) in [5, 5.41) is 0. The quantitative estimate of drug-likeness (QED) is 0.559. The molecule has 0 N–H and O–H groups in total. The van der Waals surface area contributed by atoms with Gasteiger partial charge in [0.25, 0.3) is 0 Å². The van der Waals surface area contributed by atoms with Gasteiger partial charge in [0.15, 0.2) is 8.32 Å². The predicted molar refractivity (Wildman–Crippen MR) is 89.0 cm³/mol. The van der Waals surface area contributed by atoms with Gasteiger partial charge in [-0.25, -0.2) is 0 Å². The number of hydrogen-bond donors (Lipinski definition) is 0. The van der Waals surface area contributed by atoms with E-state index in [-0.39, 0.29) is 6.04 Å². The third-order valence-electron chi connectivity index (χ3n) is 3.07. The molecule has 1 aromatic heterocycles. The summed E-state index contributed by atoms with van der Waals surface area (Å²) in [5.74, 6) is 0.469. The number of hydrogen-bond acceptors (Lipinski definition) is 3. The van der Waals surface area contributed by atoms with E-state index in [2.05, 4.69) is 45.4 Å². The van der Waals surface area contributed by atoms with Crippen LogP contribution in [0.2, 0.25) is 19.6 Å². The summed E-state index contributed by atoms with van der Waals surface area (Å²) in [6.07, 6.45) is 2.72. The molecule has 0 amide bonds. The maximum absolute atomic E-state index is 6.05. The fourth-order valence-electron chi connectivity index (χ4n) is 1.79. The zero-order valence-corrected chi connectivity index (χ0v) is 14.7. The van der Waals surface area contributed by atoms with Crippen molar-refractivity contribution in [1.29, 1.82) is 0 Å². The first-order chi connectivity index (χ1) is 9.33. The maximum atomic E-state index is 6.05. The van der Waals surface area contributed by atoms with Gasteiger partial charge in [-0.1, -0.05) is 26.8 Å². The van der Waals surface area contributed by atoms with Crippen molar-refractivity contribution in [3.05, 3.63) is 30.1 Å². The van der Waals surface area contributed by atoms with E-state index in [1.165, 1.54) is 0 Å². The number of nitrogens with zero attached hydrogens (tertiary/aromatic N) is 2. The van der Waals surface area contributed by atoms with Crippen LogP contribution in [0.5, 0.6) is 0 Å².